The first-order valence-corrected chi connectivity index (χ1v) is 7.08. The highest BCUT2D eigenvalue weighted by Gasteiger charge is 2.12. The lowest BCUT2D eigenvalue weighted by Gasteiger charge is -2.12. The number of carbonyl (C=O) groups is 1. The zero-order valence-corrected chi connectivity index (χ0v) is 11.9. The zero-order chi connectivity index (χ0) is 13.8. The van der Waals surface area contributed by atoms with E-state index in [1.54, 1.807) is 0 Å². The van der Waals surface area contributed by atoms with Crippen LogP contribution in [0.2, 0.25) is 0 Å². The van der Waals surface area contributed by atoms with Crippen molar-refractivity contribution < 1.29 is 9.90 Å². The number of aliphatic hydroxyl groups is 1. The first-order chi connectivity index (χ1) is 9.08. The van der Waals surface area contributed by atoms with Crippen LogP contribution in [0.5, 0.6) is 0 Å². The van der Waals surface area contributed by atoms with Gasteiger partial charge in [0.05, 0.1) is 11.0 Å². The van der Waals surface area contributed by atoms with E-state index >= 15 is 0 Å². The zero-order valence-electron chi connectivity index (χ0n) is 11.1. The van der Waals surface area contributed by atoms with Crippen molar-refractivity contribution in [2.24, 2.45) is 7.05 Å². The fourth-order valence-corrected chi connectivity index (χ4v) is 2.74. The summed E-state index contributed by atoms with van der Waals surface area (Å²) in [6.45, 7) is 2.43. The van der Waals surface area contributed by atoms with Crippen molar-refractivity contribution in [3.8, 4) is 0 Å². The molecule has 0 fully saturated rings. The normalized spacial score (nSPS) is 12.4. The Hall–Kier alpha value is -1.59. The van der Waals surface area contributed by atoms with Crippen LogP contribution in [0.4, 0.5) is 0 Å². The van der Waals surface area contributed by atoms with Crippen LogP contribution in [-0.2, 0) is 7.05 Å². The Labute approximate surface area is 116 Å². The Kier molecular flexibility index (Phi) is 4.39. The largest absolute Gasteiger partial charge is 0.387 e. The first kappa shape index (κ1) is 13.8. The molecule has 102 valence electrons. The predicted molar refractivity (Wildman–Crippen MR) is 76.4 cm³/mol. The van der Waals surface area contributed by atoms with Crippen molar-refractivity contribution in [2.45, 2.75) is 19.4 Å². The van der Waals surface area contributed by atoms with Crippen molar-refractivity contribution >= 4 is 17.2 Å². The summed E-state index contributed by atoms with van der Waals surface area (Å²) in [4.78, 5) is 12.5. The molecular formula is C14H18N2O2S. The van der Waals surface area contributed by atoms with E-state index in [9.17, 15) is 9.90 Å². The number of nitrogens with one attached hydrogen (secondary N) is 1. The third-order valence-electron chi connectivity index (χ3n) is 2.98. The average Bonchev–Trinajstić information content (AvgIpc) is 2.97. The Morgan fingerprint density at radius 2 is 2.37 bits per heavy atom. The number of thiophene rings is 1. The number of aliphatic hydroxyl groups excluding tert-OH is 1. The first-order valence-electron chi connectivity index (χ1n) is 6.20. The summed E-state index contributed by atoms with van der Waals surface area (Å²) in [6.07, 6.45) is 1.85. The van der Waals surface area contributed by atoms with E-state index in [-0.39, 0.29) is 5.91 Å². The van der Waals surface area contributed by atoms with Crippen molar-refractivity contribution in [1.29, 1.82) is 0 Å². The molecule has 0 saturated heterocycles. The van der Waals surface area contributed by atoms with Crippen LogP contribution in [0.3, 0.4) is 0 Å². The molecule has 2 rings (SSSR count). The van der Waals surface area contributed by atoms with Crippen molar-refractivity contribution in [1.82, 2.24) is 9.88 Å². The van der Waals surface area contributed by atoms with Crippen LogP contribution in [-0.4, -0.2) is 22.1 Å². The predicted octanol–water partition coefficient (Wildman–Crippen LogP) is 2.25. The summed E-state index contributed by atoms with van der Waals surface area (Å²) in [5.41, 5.74) is 1.96. The molecule has 0 unspecified atom stereocenters. The van der Waals surface area contributed by atoms with Gasteiger partial charge in [-0.1, -0.05) is 0 Å². The molecule has 0 aliphatic carbocycles. The maximum atomic E-state index is 11.8. The molecule has 0 radical (unpaired) electrons. The Morgan fingerprint density at radius 1 is 1.58 bits per heavy atom. The molecule has 2 N–H and O–H groups in total. The fraction of sp³-hybridized carbons (Fsp3) is 0.357. The molecule has 0 spiro atoms. The molecule has 0 saturated carbocycles. The van der Waals surface area contributed by atoms with Crippen LogP contribution in [0.25, 0.3) is 0 Å². The van der Waals surface area contributed by atoms with Gasteiger partial charge >= 0.3 is 0 Å². The van der Waals surface area contributed by atoms with Crippen LogP contribution in [0, 0.1) is 6.92 Å². The SMILES string of the molecule is Cc1csc(C(=O)NCC[C@@H](O)c2cccn2C)c1. The quantitative estimate of drug-likeness (QED) is 0.881. The van der Waals surface area contributed by atoms with E-state index in [0.717, 1.165) is 11.3 Å². The highest BCUT2D eigenvalue weighted by molar-refractivity contribution is 7.12. The minimum absolute atomic E-state index is 0.0721. The summed E-state index contributed by atoms with van der Waals surface area (Å²) in [5.74, 6) is -0.0721. The van der Waals surface area contributed by atoms with Gasteiger partial charge in [0.1, 0.15) is 0 Å². The van der Waals surface area contributed by atoms with Crippen molar-refractivity contribution in [3.63, 3.8) is 0 Å². The summed E-state index contributed by atoms with van der Waals surface area (Å²) in [5, 5.41) is 14.8. The Balaban J connectivity index is 1.81. The average molecular weight is 278 g/mol. The molecule has 2 heterocycles. The second-order valence-electron chi connectivity index (χ2n) is 4.59. The molecule has 2 aromatic rings. The van der Waals surface area contributed by atoms with E-state index in [0.29, 0.717) is 17.8 Å². The number of nitrogens with zero attached hydrogens (tertiary/aromatic N) is 1. The number of hydrogen-bond donors (Lipinski definition) is 2. The number of hydrogen-bond acceptors (Lipinski definition) is 3. The maximum absolute atomic E-state index is 11.8. The van der Waals surface area contributed by atoms with E-state index in [4.69, 9.17) is 0 Å². The van der Waals surface area contributed by atoms with Gasteiger partial charge < -0.3 is 15.0 Å². The lowest BCUT2D eigenvalue weighted by Crippen LogP contribution is -2.25. The van der Waals surface area contributed by atoms with Crippen LogP contribution in [0.1, 0.15) is 33.5 Å². The minimum atomic E-state index is -0.551. The summed E-state index contributed by atoms with van der Waals surface area (Å²) >= 11 is 1.44. The molecule has 0 aliphatic rings. The van der Waals surface area contributed by atoms with E-state index < -0.39 is 6.10 Å². The van der Waals surface area contributed by atoms with Gasteiger partial charge in [-0.25, -0.2) is 0 Å². The van der Waals surface area contributed by atoms with Crippen molar-refractivity contribution in [2.75, 3.05) is 6.54 Å². The molecule has 1 amide bonds. The van der Waals surface area contributed by atoms with Gasteiger partial charge in [0.15, 0.2) is 0 Å². The van der Waals surface area contributed by atoms with Gasteiger partial charge in [-0.05, 0) is 42.5 Å². The third-order valence-corrected chi connectivity index (χ3v) is 4.03. The second kappa shape index (κ2) is 6.04. The fourth-order valence-electron chi connectivity index (χ4n) is 1.93. The van der Waals surface area contributed by atoms with Gasteiger partial charge in [-0.2, -0.15) is 0 Å². The molecule has 4 nitrogen and oxygen atoms in total. The van der Waals surface area contributed by atoms with Crippen LogP contribution in [0.15, 0.2) is 29.8 Å². The number of carbonyl (C=O) groups excluding carboxylic acids is 1. The van der Waals surface area contributed by atoms with Crippen LogP contribution < -0.4 is 5.32 Å². The lowest BCUT2D eigenvalue weighted by molar-refractivity contribution is 0.0945. The highest BCUT2D eigenvalue weighted by atomic mass is 32.1. The van der Waals surface area contributed by atoms with Crippen LogP contribution >= 0.6 is 11.3 Å². The third kappa shape index (κ3) is 3.45. The van der Waals surface area contributed by atoms with Gasteiger partial charge in [0.2, 0.25) is 0 Å². The Bertz CT molecular complexity index is 559. The standard InChI is InChI=1S/C14H18N2O2S/c1-10-8-13(19-9-10)14(18)15-6-5-12(17)11-4-3-7-16(11)2/h3-4,7-9,12,17H,5-6H2,1-2H3,(H,15,18)/t12-/m1/s1. The molecule has 0 aromatic carbocycles. The van der Waals surface area contributed by atoms with Gasteiger partial charge in [-0.3, -0.25) is 4.79 Å². The van der Waals surface area contributed by atoms with Gasteiger partial charge in [0.25, 0.3) is 5.91 Å². The molecule has 1 atom stereocenters. The number of amides is 1. The lowest BCUT2D eigenvalue weighted by atomic mass is 10.2. The van der Waals surface area contributed by atoms with Gasteiger partial charge in [0, 0.05) is 25.5 Å². The highest BCUT2D eigenvalue weighted by Crippen LogP contribution is 2.16. The van der Waals surface area contributed by atoms with E-state index in [1.807, 2.05) is 48.3 Å². The molecule has 19 heavy (non-hydrogen) atoms. The number of aromatic nitrogens is 1. The topological polar surface area (TPSA) is 54.3 Å². The molecular weight excluding hydrogens is 260 g/mol. The monoisotopic (exact) mass is 278 g/mol. The molecule has 2 aromatic heterocycles. The summed E-state index contributed by atoms with van der Waals surface area (Å²) in [7, 11) is 1.89. The van der Waals surface area contributed by atoms with Crippen molar-refractivity contribution in [3.05, 3.63) is 45.9 Å². The smallest absolute Gasteiger partial charge is 0.261 e. The molecule has 0 aliphatic heterocycles. The minimum Gasteiger partial charge on any atom is -0.387 e. The molecule has 5 heteroatoms. The summed E-state index contributed by atoms with van der Waals surface area (Å²) < 4.78 is 1.88. The van der Waals surface area contributed by atoms with E-state index in [1.165, 1.54) is 11.3 Å². The van der Waals surface area contributed by atoms with Gasteiger partial charge in [-0.15, -0.1) is 11.3 Å². The Morgan fingerprint density at radius 3 is 2.95 bits per heavy atom. The summed E-state index contributed by atoms with van der Waals surface area (Å²) in [6, 6.07) is 5.65. The number of aryl methyl sites for hydroxylation is 2. The van der Waals surface area contributed by atoms with E-state index in [2.05, 4.69) is 5.32 Å². The number of rotatable bonds is 5. The maximum Gasteiger partial charge on any atom is 0.261 e. The molecule has 0 bridgehead atoms. The second-order valence-corrected chi connectivity index (χ2v) is 5.50.